The van der Waals surface area contributed by atoms with Gasteiger partial charge in [0.25, 0.3) is 0 Å². The van der Waals surface area contributed by atoms with Crippen molar-refractivity contribution in [2.45, 2.75) is 25.6 Å². The van der Waals surface area contributed by atoms with Gasteiger partial charge in [-0.1, -0.05) is 6.07 Å². The molecule has 0 saturated carbocycles. The summed E-state index contributed by atoms with van der Waals surface area (Å²) >= 11 is 0. The first kappa shape index (κ1) is 25.1. The summed E-state index contributed by atoms with van der Waals surface area (Å²) in [6.07, 6.45) is -0.0787. The van der Waals surface area contributed by atoms with Crippen LogP contribution >= 0.6 is 0 Å². The largest absolute Gasteiger partial charge is 0.493 e. The molecule has 0 unspecified atom stereocenters. The second kappa shape index (κ2) is 10.4. The molecular formula is C27H24F3N7O. The number of hydrogen-bond acceptors (Lipinski definition) is 6. The molecule has 0 saturated heterocycles. The summed E-state index contributed by atoms with van der Waals surface area (Å²) < 4.78 is 48.0. The van der Waals surface area contributed by atoms with E-state index in [4.69, 9.17) is 11.3 Å². The third-order valence-electron chi connectivity index (χ3n) is 6.44. The van der Waals surface area contributed by atoms with Crippen molar-refractivity contribution in [1.29, 1.82) is 0 Å². The van der Waals surface area contributed by atoms with E-state index in [1.807, 2.05) is 47.0 Å². The van der Waals surface area contributed by atoms with Gasteiger partial charge in [0.05, 0.1) is 31.0 Å². The molecule has 8 nitrogen and oxygen atoms in total. The molecule has 1 aliphatic heterocycles. The van der Waals surface area contributed by atoms with Gasteiger partial charge in [0.15, 0.2) is 5.69 Å². The zero-order valence-corrected chi connectivity index (χ0v) is 20.5. The Kier molecular flexibility index (Phi) is 6.87. The molecule has 1 N–H and O–H groups in total. The predicted octanol–water partition coefficient (Wildman–Crippen LogP) is 5.71. The highest BCUT2D eigenvalue weighted by Crippen LogP contribution is 2.39. The van der Waals surface area contributed by atoms with E-state index in [-0.39, 0.29) is 0 Å². The van der Waals surface area contributed by atoms with Crippen LogP contribution in [0.4, 0.5) is 36.1 Å². The molecule has 0 atom stereocenters. The van der Waals surface area contributed by atoms with Gasteiger partial charge in [-0.2, -0.15) is 18.3 Å². The monoisotopic (exact) mass is 519 g/mol. The van der Waals surface area contributed by atoms with Gasteiger partial charge in [0, 0.05) is 48.8 Å². The smallest absolute Gasteiger partial charge is 0.407 e. The lowest BCUT2D eigenvalue weighted by Gasteiger charge is -2.31. The van der Waals surface area contributed by atoms with Crippen molar-refractivity contribution in [3.63, 3.8) is 0 Å². The number of alkyl halides is 3. The average molecular weight is 520 g/mol. The molecule has 38 heavy (non-hydrogen) atoms. The van der Waals surface area contributed by atoms with Gasteiger partial charge >= 0.3 is 6.18 Å². The Balaban J connectivity index is 1.25. The lowest BCUT2D eigenvalue weighted by atomic mass is 10.0. The molecule has 0 spiro atoms. The average Bonchev–Trinajstić information content (AvgIpc) is 3.33. The summed E-state index contributed by atoms with van der Waals surface area (Å²) in [5, 5.41) is 7.48. The Morgan fingerprint density at radius 1 is 1.11 bits per heavy atom. The second-order valence-corrected chi connectivity index (χ2v) is 8.82. The molecule has 0 fully saturated rings. The summed E-state index contributed by atoms with van der Waals surface area (Å²) in [4.78, 5) is 13.6. The van der Waals surface area contributed by atoms with Crippen molar-refractivity contribution >= 4 is 22.9 Å². The number of nitrogens with one attached hydrogen (secondary N) is 1. The summed E-state index contributed by atoms with van der Waals surface area (Å²) in [5.74, 6) is 1.42. The first-order chi connectivity index (χ1) is 18.3. The number of ether oxygens (including phenoxy) is 1. The molecule has 4 aromatic rings. The molecule has 194 valence electrons. The van der Waals surface area contributed by atoms with E-state index in [0.717, 1.165) is 40.9 Å². The molecule has 0 aliphatic carbocycles. The van der Waals surface area contributed by atoms with E-state index in [9.17, 15) is 13.2 Å². The molecule has 5 rings (SSSR count). The van der Waals surface area contributed by atoms with Crippen LogP contribution in [-0.2, 0) is 32.6 Å². The van der Waals surface area contributed by atoms with Crippen LogP contribution in [0.2, 0.25) is 0 Å². The second-order valence-electron chi connectivity index (χ2n) is 8.82. The van der Waals surface area contributed by atoms with Crippen LogP contribution in [0.3, 0.4) is 0 Å². The normalized spacial score (nSPS) is 13.1. The Labute approximate surface area is 217 Å². The number of anilines is 3. The van der Waals surface area contributed by atoms with Gasteiger partial charge in [0.1, 0.15) is 17.9 Å². The molecule has 0 amide bonds. The first-order valence-corrected chi connectivity index (χ1v) is 11.9. The number of aromatic nitrogens is 4. The van der Waals surface area contributed by atoms with E-state index < -0.39 is 17.4 Å². The molecule has 1 aliphatic rings. The molecular weight excluding hydrogens is 495 g/mol. The fraction of sp³-hybridized carbons (Fsp3) is 0.259. The Morgan fingerprint density at radius 3 is 2.63 bits per heavy atom. The Bertz CT molecular complexity index is 1480. The lowest BCUT2D eigenvalue weighted by Crippen LogP contribution is -2.32. The number of nitrogens with zero attached hydrogens (tertiary/aromatic N) is 6. The molecule has 2 aromatic carbocycles. The number of aryl methyl sites for hydroxylation is 1. The van der Waals surface area contributed by atoms with Crippen molar-refractivity contribution < 1.29 is 17.9 Å². The lowest BCUT2D eigenvalue weighted by molar-refractivity contribution is -0.136. The summed E-state index contributed by atoms with van der Waals surface area (Å²) in [6, 6.07) is 13.3. The molecule has 0 bridgehead atoms. The van der Waals surface area contributed by atoms with E-state index in [1.165, 1.54) is 12.4 Å². The van der Waals surface area contributed by atoms with E-state index in [1.54, 1.807) is 12.3 Å². The summed E-state index contributed by atoms with van der Waals surface area (Å²) in [7, 11) is 1.90. The van der Waals surface area contributed by atoms with Crippen LogP contribution in [0.5, 0.6) is 5.75 Å². The Morgan fingerprint density at radius 2 is 1.92 bits per heavy atom. The van der Waals surface area contributed by atoms with E-state index in [2.05, 4.69) is 25.2 Å². The van der Waals surface area contributed by atoms with Crippen LogP contribution in [0.1, 0.15) is 22.5 Å². The standard InChI is InChI=1S/C27H24F3N7O/c1-31-24-8-5-20(15-23(24)27(28,29)30)37-13-10-22-25(16-37)32-17-33-26(22)35-18-3-6-21(7-4-18)38-14-11-19-9-12-34-36(19)2/h3-9,12,15,17H,10-11,13-14,16H2,2H3,(H,32,33,35). The number of halogens is 3. The topological polar surface area (TPSA) is 72.5 Å². The van der Waals surface area contributed by atoms with E-state index in [0.29, 0.717) is 37.6 Å². The van der Waals surface area contributed by atoms with E-state index >= 15 is 0 Å². The SMILES string of the molecule is [C-]#[N+]c1ccc(N2CCc3c(ncnc3Nc3ccc(OCCc4ccnn4C)cc3)C2)cc1C(F)(F)F. The maximum atomic E-state index is 13.4. The zero-order valence-electron chi connectivity index (χ0n) is 20.5. The van der Waals surface area contributed by atoms with Gasteiger partial charge < -0.3 is 15.0 Å². The molecule has 3 heterocycles. The van der Waals surface area contributed by atoms with Gasteiger partial charge in [-0.05, 0) is 48.9 Å². The number of fused-ring (bicyclic) bond motifs is 1. The number of hydrogen-bond donors (Lipinski definition) is 1. The van der Waals surface area contributed by atoms with Gasteiger partial charge in [0.2, 0.25) is 0 Å². The Hall–Kier alpha value is -4.59. The molecule has 11 heteroatoms. The minimum atomic E-state index is -4.59. The fourth-order valence-electron chi connectivity index (χ4n) is 4.42. The maximum absolute atomic E-state index is 13.4. The number of rotatable bonds is 7. The number of benzene rings is 2. The van der Waals surface area contributed by atoms with Crippen molar-refractivity contribution in [2.75, 3.05) is 23.4 Å². The van der Waals surface area contributed by atoms with Crippen molar-refractivity contribution in [1.82, 2.24) is 19.7 Å². The van der Waals surface area contributed by atoms with Crippen LogP contribution in [0, 0.1) is 6.57 Å². The van der Waals surface area contributed by atoms with Crippen LogP contribution in [0.15, 0.2) is 61.1 Å². The van der Waals surface area contributed by atoms with Crippen molar-refractivity contribution in [3.05, 3.63) is 95.0 Å². The third-order valence-corrected chi connectivity index (χ3v) is 6.44. The minimum absolute atomic E-state index is 0.338. The van der Waals surface area contributed by atoms with Crippen LogP contribution in [0.25, 0.3) is 4.85 Å². The van der Waals surface area contributed by atoms with Gasteiger partial charge in [-0.3, -0.25) is 4.68 Å². The first-order valence-electron chi connectivity index (χ1n) is 11.9. The van der Waals surface area contributed by atoms with Crippen LogP contribution < -0.4 is 15.0 Å². The third kappa shape index (κ3) is 5.39. The van der Waals surface area contributed by atoms with Crippen molar-refractivity contribution in [3.8, 4) is 5.75 Å². The van der Waals surface area contributed by atoms with Crippen molar-refractivity contribution in [2.24, 2.45) is 7.05 Å². The predicted molar refractivity (Wildman–Crippen MR) is 137 cm³/mol. The van der Waals surface area contributed by atoms with Gasteiger partial charge in [-0.15, -0.1) is 0 Å². The fourth-order valence-corrected chi connectivity index (χ4v) is 4.42. The highest BCUT2D eigenvalue weighted by Gasteiger charge is 2.34. The highest BCUT2D eigenvalue weighted by molar-refractivity contribution is 5.65. The summed E-state index contributed by atoms with van der Waals surface area (Å²) in [5.41, 5.74) is 2.67. The zero-order chi connectivity index (χ0) is 26.7. The van der Waals surface area contributed by atoms with Crippen LogP contribution in [-0.4, -0.2) is 32.9 Å². The minimum Gasteiger partial charge on any atom is -0.493 e. The molecule has 0 radical (unpaired) electrons. The molecule has 2 aromatic heterocycles. The summed E-state index contributed by atoms with van der Waals surface area (Å²) in [6.45, 7) is 8.41. The quantitative estimate of drug-likeness (QED) is 0.316. The maximum Gasteiger partial charge on any atom is 0.407 e. The van der Waals surface area contributed by atoms with Gasteiger partial charge in [-0.25, -0.2) is 14.8 Å². The highest BCUT2D eigenvalue weighted by atomic mass is 19.4.